The molecule has 2 fully saturated rings. The van der Waals surface area contributed by atoms with Crippen molar-refractivity contribution in [3.63, 3.8) is 0 Å². The summed E-state index contributed by atoms with van der Waals surface area (Å²) in [7, 11) is 1.64. The van der Waals surface area contributed by atoms with E-state index in [1.165, 1.54) is 9.88 Å². The molecular weight excluding hydrogens is 464 g/mol. The highest BCUT2D eigenvalue weighted by Crippen LogP contribution is 2.26. The van der Waals surface area contributed by atoms with Gasteiger partial charge in [-0.3, -0.25) is 9.69 Å². The minimum Gasteiger partial charge on any atom is -0.497 e. The number of rotatable bonds is 8. The number of benzene rings is 1. The Morgan fingerprint density at radius 1 is 1.20 bits per heavy atom. The second-order valence-electron chi connectivity index (χ2n) is 9.39. The maximum Gasteiger partial charge on any atom is 0.324 e. The number of carbonyl (C=O) groups is 1. The molecule has 0 radical (unpaired) electrons. The molecule has 1 unspecified atom stereocenters. The van der Waals surface area contributed by atoms with Gasteiger partial charge in [-0.15, -0.1) is 11.3 Å². The van der Waals surface area contributed by atoms with E-state index in [1.807, 2.05) is 30.5 Å². The molecule has 2 saturated heterocycles. The van der Waals surface area contributed by atoms with Gasteiger partial charge >= 0.3 is 6.01 Å². The molecule has 5 rings (SSSR count). The van der Waals surface area contributed by atoms with Crippen molar-refractivity contribution >= 4 is 23.3 Å². The zero-order valence-corrected chi connectivity index (χ0v) is 21.1. The van der Waals surface area contributed by atoms with Crippen LogP contribution in [-0.4, -0.2) is 65.8 Å². The summed E-state index contributed by atoms with van der Waals surface area (Å²) in [5, 5.41) is 8.51. The number of thiazole rings is 1. The summed E-state index contributed by atoms with van der Waals surface area (Å²) in [5.74, 6) is 2.05. The summed E-state index contributed by atoms with van der Waals surface area (Å²) < 4.78 is 10.7. The second kappa shape index (κ2) is 10.7. The van der Waals surface area contributed by atoms with E-state index >= 15 is 0 Å². The normalized spacial score (nSPS) is 19.3. The Morgan fingerprint density at radius 3 is 2.71 bits per heavy atom. The fourth-order valence-corrected chi connectivity index (χ4v) is 5.64. The van der Waals surface area contributed by atoms with Crippen LogP contribution in [0.2, 0.25) is 0 Å². The number of amides is 1. The molecule has 1 aromatic carbocycles. The molecule has 0 aliphatic carbocycles. The molecular formula is C25H32N6O3S. The Hall–Kier alpha value is -2.98. The first-order valence-electron chi connectivity index (χ1n) is 12.2. The first-order chi connectivity index (χ1) is 17.1. The van der Waals surface area contributed by atoms with E-state index in [4.69, 9.17) is 9.26 Å². The van der Waals surface area contributed by atoms with Crippen molar-refractivity contribution in [2.75, 3.05) is 44.7 Å². The van der Waals surface area contributed by atoms with Crippen LogP contribution in [0.25, 0.3) is 11.4 Å². The summed E-state index contributed by atoms with van der Waals surface area (Å²) in [6, 6.07) is 8.08. The molecule has 35 heavy (non-hydrogen) atoms. The molecule has 0 saturated carbocycles. The molecule has 1 atom stereocenters. The van der Waals surface area contributed by atoms with Crippen molar-refractivity contribution < 1.29 is 14.1 Å². The smallest absolute Gasteiger partial charge is 0.324 e. The van der Waals surface area contributed by atoms with Gasteiger partial charge in [0, 0.05) is 48.7 Å². The number of likely N-dealkylation sites (tertiary alicyclic amines) is 1. The predicted octanol–water partition coefficient (Wildman–Crippen LogP) is 3.36. The standard InChI is InChI=1S/C25H32N6O3S/c1-17-13-26-22(35-17)16-30-10-7-18(15-30)14-27-24(32)20-8-11-31(12-9-20)25-28-23(29-34-25)19-3-5-21(33-2)6-4-19/h3-6,13,18,20H,7-12,14-16H2,1-2H3,(H,27,32). The van der Waals surface area contributed by atoms with Gasteiger partial charge in [0.15, 0.2) is 0 Å². The molecule has 0 spiro atoms. The number of aryl methyl sites for hydroxylation is 1. The van der Waals surface area contributed by atoms with Crippen LogP contribution in [0.3, 0.4) is 0 Å². The SMILES string of the molecule is COc1ccc(-c2noc(N3CCC(C(=O)NCC4CCN(Cc5ncc(C)s5)C4)CC3)n2)cc1. The van der Waals surface area contributed by atoms with E-state index in [1.54, 1.807) is 18.4 Å². The van der Waals surface area contributed by atoms with Gasteiger partial charge in [0.05, 0.1) is 13.7 Å². The monoisotopic (exact) mass is 496 g/mol. The highest BCUT2D eigenvalue weighted by molar-refractivity contribution is 7.11. The highest BCUT2D eigenvalue weighted by atomic mass is 32.1. The van der Waals surface area contributed by atoms with E-state index in [0.717, 1.165) is 69.8 Å². The first-order valence-corrected chi connectivity index (χ1v) is 13.0. The zero-order valence-electron chi connectivity index (χ0n) is 20.3. The maximum absolute atomic E-state index is 12.8. The largest absolute Gasteiger partial charge is 0.497 e. The van der Waals surface area contributed by atoms with Gasteiger partial charge < -0.3 is 19.5 Å². The molecule has 0 bridgehead atoms. The molecule has 4 heterocycles. The third-order valence-corrected chi connectivity index (χ3v) is 7.76. The Labute approximate surface area is 209 Å². The molecule has 2 aromatic heterocycles. The van der Waals surface area contributed by atoms with E-state index in [0.29, 0.717) is 17.8 Å². The Morgan fingerprint density at radius 2 is 2.00 bits per heavy atom. The Kier molecular flexibility index (Phi) is 7.29. The zero-order chi connectivity index (χ0) is 24.2. The lowest BCUT2D eigenvalue weighted by molar-refractivity contribution is -0.125. The topological polar surface area (TPSA) is 96.6 Å². The van der Waals surface area contributed by atoms with Crippen LogP contribution in [-0.2, 0) is 11.3 Å². The average Bonchev–Trinajstić information content (AvgIpc) is 3.65. The summed E-state index contributed by atoms with van der Waals surface area (Å²) in [4.78, 5) is 27.6. The summed E-state index contributed by atoms with van der Waals surface area (Å²) in [6.07, 6.45) is 4.63. The molecule has 2 aliphatic heterocycles. The third-order valence-electron chi connectivity index (χ3n) is 6.86. The van der Waals surface area contributed by atoms with Crippen molar-refractivity contribution in [1.82, 2.24) is 25.3 Å². The molecule has 3 aromatic rings. The average molecular weight is 497 g/mol. The number of aromatic nitrogens is 3. The van der Waals surface area contributed by atoms with Crippen LogP contribution < -0.4 is 15.0 Å². The van der Waals surface area contributed by atoms with Crippen molar-refractivity contribution in [2.45, 2.75) is 32.7 Å². The van der Waals surface area contributed by atoms with Crippen LogP contribution in [0.5, 0.6) is 5.75 Å². The van der Waals surface area contributed by atoms with Crippen molar-refractivity contribution in [2.24, 2.45) is 11.8 Å². The Balaban J connectivity index is 1.05. The summed E-state index contributed by atoms with van der Waals surface area (Å²) in [6.45, 7) is 7.30. The fourth-order valence-electron chi connectivity index (χ4n) is 4.81. The number of hydrogen-bond acceptors (Lipinski definition) is 9. The molecule has 1 N–H and O–H groups in total. The fraction of sp³-hybridized carbons (Fsp3) is 0.520. The quantitative estimate of drug-likeness (QED) is 0.507. The molecule has 10 heteroatoms. The second-order valence-corrected chi connectivity index (χ2v) is 10.7. The number of methoxy groups -OCH3 is 1. The van der Waals surface area contributed by atoms with E-state index in [9.17, 15) is 4.79 Å². The number of nitrogens with one attached hydrogen (secondary N) is 1. The van der Waals surface area contributed by atoms with E-state index in [-0.39, 0.29) is 11.8 Å². The van der Waals surface area contributed by atoms with Crippen LogP contribution in [0.1, 0.15) is 29.1 Å². The van der Waals surface area contributed by atoms with Crippen LogP contribution >= 0.6 is 11.3 Å². The Bertz CT molecular complexity index is 1120. The predicted molar refractivity (Wildman–Crippen MR) is 134 cm³/mol. The van der Waals surface area contributed by atoms with Crippen LogP contribution in [0.15, 0.2) is 35.0 Å². The summed E-state index contributed by atoms with van der Waals surface area (Å²) >= 11 is 1.77. The highest BCUT2D eigenvalue weighted by Gasteiger charge is 2.29. The van der Waals surface area contributed by atoms with E-state index in [2.05, 4.69) is 37.2 Å². The first kappa shape index (κ1) is 23.7. The van der Waals surface area contributed by atoms with Gasteiger partial charge in [-0.05, 0) is 62.9 Å². The van der Waals surface area contributed by atoms with Crippen molar-refractivity contribution in [3.05, 3.63) is 40.3 Å². The van der Waals surface area contributed by atoms with Gasteiger partial charge in [-0.2, -0.15) is 4.98 Å². The number of hydrogen-bond donors (Lipinski definition) is 1. The van der Waals surface area contributed by atoms with E-state index < -0.39 is 0 Å². The lowest BCUT2D eigenvalue weighted by Crippen LogP contribution is -2.42. The number of piperidine rings is 1. The molecule has 1 amide bonds. The van der Waals surface area contributed by atoms with Crippen LogP contribution in [0, 0.1) is 18.8 Å². The van der Waals surface area contributed by atoms with Gasteiger partial charge in [0.25, 0.3) is 0 Å². The lowest BCUT2D eigenvalue weighted by atomic mass is 9.96. The molecule has 2 aliphatic rings. The lowest BCUT2D eigenvalue weighted by Gasteiger charge is -2.30. The number of ether oxygens (including phenoxy) is 1. The van der Waals surface area contributed by atoms with Crippen molar-refractivity contribution in [3.8, 4) is 17.1 Å². The van der Waals surface area contributed by atoms with Crippen LogP contribution in [0.4, 0.5) is 6.01 Å². The van der Waals surface area contributed by atoms with Gasteiger partial charge in [-0.25, -0.2) is 4.98 Å². The maximum atomic E-state index is 12.8. The summed E-state index contributed by atoms with van der Waals surface area (Å²) in [5.41, 5.74) is 0.877. The van der Waals surface area contributed by atoms with Gasteiger partial charge in [-0.1, -0.05) is 5.16 Å². The minimum absolute atomic E-state index is 0.0334. The number of nitrogens with zero attached hydrogens (tertiary/aromatic N) is 5. The van der Waals surface area contributed by atoms with Gasteiger partial charge in [0.1, 0.15) is 10.8 Å². The molecule has 9 nitrogen and oxygen atoms in total. The van der Waals surface area contributed by atoms with Crippen molar-refractivity contribution in [1.29, 1.82) is 0 Å². The number of carbonyl (C=O) groups excluding carboxylic acids is 1. The van der Waals surface area contributed by atoms with Gasteiger partial charge in [0.2, 0.25) is 11.7 Å². The minimum atomic E-state index is 0.0334. The molecule has 186 valence electrons. The third kappa shape index (κ3) is 5.82. The number of anilines is 1.